The van der Waals surface area contributed by atoms with E-state index in [0.717, 1.165) is 18.7 Å². The minimum absolute atomic E-state index is 0.0771. The average molecular weight is 293 g/mol. The molecule has 6 heteroatoms. The highest BCUT2D eigenvalue weighted by molar-refractivity contribution is 5.69. The van der Waals surface area contributed by atoms with Crippen LogP contribution in [-0.4, -0.2) is 29.4 Å². The number of benzene rings is 1. The van der Waals surface area contributed by atoms with Gasteiger partial charge < -0.3 is 14.2 Å². The van der Waals surface area contributed by atoms with Crippen LogP contribution in [0.1, 0.15) is 30.0 Å². The van der Waals surface area contributed by atoms with Gasteiger partial charge in [-0.15, -0.1) is 10.2 Å². The molecule has 0 aliphatic carbocycles. The van der Waals surface area contributed by atoms with Crippen molar-refractivity contribution in [3.05, 3.63) is 54.5 Å². The van der Waals surface area contributed by atoms with Crippen LogP contribution in [0.4, 0.5) is 0 Å². The van der Waals surface area contributed by atoms with Crippen molar-refractivity contribution >= 4 is 0 Å². The Labute approximate surface area is 127 Å². The Morgan fingerprint density at radius 2 is 2.09 bits per heavy atom. The van der Waals surface area contributed by atoms with Gasteiger partial charge in [0.15, 0.2) is 5.82 Å². The molecule has 22 heavy (non-hydrogen) atoms. The van der Waals surface area contributed by atoms with Crippen LogP contribution in [-0.2, 0) is 6.54 Å². The SMILES string of the molecule is O[C@@H]1c2nncn2CC[C@H]1C1c2ccccc2-c2cncn21. The second-order valence-electron chi connectivity index (χ2n) is 6.00. The lowest BCUT2D eigenvalue weighted by Gasteiger charge is -2.33. The van der Waals surface area contributed by atoms with Gasteiger partial charge in [-0.2, -0.15) is 0 Å². The van der Waals surface area contributed by atoms with E-state index >= 15 is 0 Å². The molecular formula is C16H15N5O. The Kier molecular flexibility index (Phi) is 2.35. The first-order valence-electron chi connectivity index (χ1n) is 7.51. The van der Waals surface area contributed by atoms with Crippen molar-refractivity contribution in [1.82, 2.24) is 24.3 Å². The van der Waals surface area contributed by atoms with Crippen molar-refractivity contribution in [2.45, 2.75) is 25.1 Å². The number of rotatable bonds is 1. The van der Waals surface area contributed by atoms with Gasteiger partial charge in [0, 0.05) is 18.0 Å². The zero-order valence-electron chi connectivity index (χ0n) is 11.9. The van der Waals surface area contributed by atoms with Crippen molar-refractivity contribution in [1.29, 1.82) is 0 Å². The van der Waals surface area contributed by atoms with E-state index in [9.17, 15) is 5.11 Å². The first-order chi connectivity index (χ1) is 10.8. The van der Waals surface area contributed by atoms with E-state index in [0.29, 0.717) is 5.82 Å². The van der Waals surface area contributed by atoms with E-state index in [2.05, 4.69) is 37.9 Å². The predicted octanol–water partition coefficient (Wildman–Crippen LogP) is 1.80. The molecule has 5 rings (SSSR count). The number of fused-ring (bicyclic) bond motifs is 4. The number of hydrogen-bond acceptors (Lipinski definition) is 4. The van der Waals surface area contributed by atoms with Crippen LogP contribution in [0.5, 0.6) is 0 Å². The molecule has 0 spiro atoms. The average Bonchev–Trinajstić information content (AvgIpc) is 3.23. The highest BCUT2D eigenvalue weighted by atomic mass is 16.3. The Balaban J connectivity index is 1.65. The van der Waals surface area contributed by atoms with E-state index in [1.165, 1.54) is 11.1 Å². The van der Waals surface area contributed by atoms with Crippen LogP contribution in [0.3, 0.4) is 0 Å². The molecular weight excluding hydrogens is 278 g/mol. The van der Waals surface area contributed by atoms with Gasteiger partial charge in [0.25, 0.3) is 0 Å². The summed E-state index contributed by atoms with van der Waals surface area (Å²) in [6.07, 6.45) is 5.74. The highest BCUT2D eigenvalue weighted by Gasteiger charge is 2.41. The van der Waals surface area contributed by atoms with Gasteiger partial charge in [-0.25, -0.2) is 4.98 Å². The van der Waals surface area contributed by atoms with E-state index < -0.39 is 6.10 Å². The Bertz CT molecular complexity index is 852. The highest BCUT2D eigenvalue weighted by Crippen LogP contribution is 2.48. The summed E-state index contributed by atoms with van der Waals surface area (Å²) in [5.74, 6) is 0.746. The minimum atomic E-state index is -0.609. The smallest absolute Gasteiger partial charge is 0.162 e. The number of aromatic nitrogens is 5. The van der Waals surface area contributed by atoms with E-state index in [4.69, 9.17) is 0 Å². The number of aliphatic hydroxyl groups excluding tert-OH is 1. The summed E-state index contributed by atoms with van der Waals surface area (Å²) >= 11 is 0. The van der Waals surface area contributed by atoms with Crippen LogP contribution in [0.15, 0.2) is 43.1 Å². The molecule has 1 N–H and O–H groups in total. The van der Waals surface area contributed by atoms with Crippen LogP contribution in [0.2, 0.25) is 0 Å². The maximum Gasteiger partial charge on any atom is 0.162 e. The van der Waals surface area contributed by atoms with Crippen molar-refractivity contribution in [3.8, 4) is 11.3 Å². The molecule has 2 aromatic heterocycles. The van der Waals surface area contributed by atoms with Gasteiger partial charge in [-0.3, -0.25) is 0 Å². The Hall–Kier alpha value is -2.47. The fraction of sp³-hybridized carbons (Fsp3) is 0.312. The number of imidazole rings is 1. The summed E-state index contributed by atoms with van der Waals surface area (Å²) in [5.41, 5.74) is 3.60. The van der Waals surface area contributed by atoms with Gasteiger partial charge in [0.1, 0.15) is 12.4 Å². The lowest BCUT2D eigenvalue weighted by atomic mass is 9.84. The van der Waals surface area contributed by atoms with Crippen LogP contribution in [0.25, 0.3) is 11.3 Å². The topological polar surface area (TPSA) is 68.8 Å². The number of nitrogens with zero attached hydrogens (tertiary/aromatic N) is 5. The maximum absolute atomic E-state index is 10.8. The van der Waals surface area contributed by atoms with Gasteiger partial charge in [-0.1, -0.05) is 24.3 Å². The van der Waals surface area contributed by atoms with Crippen molar-refractivity contribution in [2.24, 2.45) is 5.92 Å². The maximum atomic E-state index is 10.8. The molecule has 0 amide bonds. The Morgan fingerprint density at radius 3 is 3.05 bits per heavy atom. The van der Waals surface area contributed by atoms with Crippen molar-refractivity contribution < 1.29 is 5.11 Å². The Morgan fingerprint density at radius 1 is 1.18 bits per heavy atom. The van der Waals surface area contributed by atoms with Gasteiger partial charge in [0.05, 0.1) is 24.3 Å². The van der Waals surface area contributed by atoms with E-state index in [1.54, 1.807) is 6.33 Å². The third kappa shape index (κ3) is 1.45. The quantitative estimate of drug-likeness (QED) is 0.743. The zero-order chi connectivity index (χ0) is 14.7. The fourth-order valence-corrected chi connectivity index (χ4v) is 3.94. The predicted molar refractivity (Wildman–Crippen MR) is 78.9 cm³/mol. The zero-order valence-corrected chi connectivity index (χ0v) is 11.9. The molecule has 4 heterocycles. The summed E-state index contributed by atoms with van der Waals surface area (Å²) in [7, 11) is 0. The number of aryl methyl sites for hydroxylation is 1. The summed E-state index contributed by atoms with van der Waals surface area (Å²) in [6.45, 7) is 0.840. The van der Waals surface area contributed by atoms with Crippen LogP contribution < -0.4 is 0 Å². The molecule has 3 aromatic rings. The normalized spacial score (nSPS) is 25.6. The molecule has 0 bridgehead atoms. The largest absolute Gasteiger partial charge is 0.385 e. The van der Waals surface area contributed by atoms with Crippen molar-refractivity contribution in [3.63, 3.8) is 0 Å². The molecule has 0 saturated carbocycles. The molecule has 0 fully saturated rings. The molecule has 3 atom stereocenters. The number of hydrogen-bond donors (Lipinski definition) is 1. The monoisotopic (exact) mass is 293 g/mol. The first-order valence-corrected chi connectivity index (χ1v) is 7.51. The molecule has 2 aliphatic rings. The van der Waals surface area contributed by atoms with Crippen LogP contribution in [0, 0.1) is 5.92 Å². The molecule has 2 aliphatic heterocycles. The molecule has 1 aromatic carbocycles. The lowest BCUT2D eigenvalue weighted by molar-refractivity contribution is 0.0512. The van der Waals surface area contributed by atoms with Gasteiger partial charge >= 0.3 is 0 Å². The summed E-state index contributed by atoms with van der Waals surface area (Å²) in [6, 6.07) is 8.49. The summed E-state index contributed by atoms with van der Waals surface area (Å²) in [5, 5.41) is 18.8. The molecule has 110 valence electrons. The second kappa shape index (κ2) is 4.27. The molecule has 0 saturated heterocycles. The van der Waals surface area contributed by atoms with Crippen molar-refractivity contribution in [2.75, 3.05) is 0 Å². The van der Waals surface area contributed by atoms with E-state index in [1.807, 2.05) is 23.2 Å². The van der Waals surface area contributed by atoms with Crippen LogP contribution >= 0.6 is 0 Å². The molecule has 1 unspecified atom stereocenters. The summed E-state index contributed by atoms with van der Waals surface area (Å²) < 4.78 is 4.13. The van der Waals surface area contributed by atoms with Gasteiger partial charge in [-0.05, 0) is 12.0 Å². The lowest BCUT2D eigenvalue weighted by Crippen LogP contribution is -2.31. The third-order valence-electron chi connectivity index (χ3n) is 4.95. The number of aliphatic hydroxyl groups is 1. The second-order valence-corrected chi connectivity index (χ2v) is 6.00. The molecule has 0 radical (unpaired) electrons. The standard InChI is InChI=1S/C16H15N5O/c22-15-12(5-6-20-9-18-19-16(15)20)14-11-4-2-1-3-10(11)13-7-17-8-21(13)14/h1-4,7-9,12,14-15,22H,5-6H2/t12-,14?,15-/m0/s1. The third-order valence-corrected chi connectivity index (χ3v) is 4.95. The minimum Gasteiger partial charge on any atom is -0.385 e. The van der Waals surface area contributed by atoms with E-state index in [-0.39, 0.29) is 12.0 Å². The van der Waals surface area contributed by atoms with Gasteiger partial charge in [0.2, 0.25) is 0 Å². The fourth-order valence-electron chi connectivity index (χ4n) is 3.94. The first kappa shape index (κ1) is 12.1. The summed E-state index contributed by atoms with van der Waals surface area (Å²) in [4.78, 5) is 4.30. The molecule has 6 nitrogen and oxygen atoms in total.